The molecular formula is C23H24ClN5O4. The molecule has 1 aromatic carbocycles. The van der Waals surface area contributed by atoms with Crippen LogP contribution in [0.4, 0.5) is 0 Å². The van der Waals surface area contributed by atoms with E-state index < -0.39 is 6.04 Å². The van der Waals surface area contributed by atoms with Crippen molar-refractivity contribution in [2.75, 3.05) is 33.3 Å². The molecular weight excluding hydrogens is 446 g/mol. The molecule has 3 aromatic rings. The summed E-state index contributed by atoms with van der Waals surface area (Å²) in [7, 11) is 1.36. The number of piperazine rings is 1. The number of methoxy groups -OCH3 is 1. The molecule has 172 valence electrons. The Hall–Kier alpha value is -3.30. The maximum absolute atomic E-state index is 12.7. The number of carbonyl (C=O) groups is 2. The van der Waals surface area contributed by atoms with E-state index in [1.165, 1.54) is 7.11 Å². The maximum atomic E-state index is 12.7. The number of esters is 1. The van der Waals surface area contributed by atoms with Gasteiger partial charge in [-0.05, 0) is 23.8 Å². The fraction of sp³-hybridized carbons (Fsp3) is 0.348. The summed E-state index contributed by atoms with van der Waals surface area (Å²) in [4.78, 5) is 37.4. The molecule has 1 atom stereocenters. The first-order valence-electron chi connectivity index (χ1n) is 10.6. The van der Waals surface area contributed by atoms with Crippen molar-refractivity contribution in [1.82, 2.24) is 24.9 Å². The standard InChI is InChI=1S/C23H24ClN5O4/c1-32-23(31)21(17-4-2-3-5-18(17)24)29-14-12-28(13-15-29)20(30)7-6-19-26-22(27-33-19)16-8-10-25-11-9-16/h2-5,8-11,21H,6-7,12-15H2,1H3. The minimum atomic E-state index is -0.606. The van der Waals surface area contributed by atoms with Crippen molar-refractivity contribution < 1.29 is 18.8 Å². The number of hydrogen-bond donors (Lipinski definition) is 0. The molecule has 33 heavy (non-hydrogen) atoms. The molecule has 0 spiro atoms. The van der Waals surface area contributed by atoms with Crippen molar-refractivity contribution in [3.8, 4) is 11.4 Å². The number of hydrogen-bond acceptors (Lipinski definition) is 8. The van der Waals surface area contributed by atoms with E-state index in [0.717, 1.165) is 5.56 Å². The highest BCUT2D eigenvalue weighted by atomic mass is 35.5. The summed E-state index contributed by atoms with van der Waals surface area (Å²) in [5.41, 5.74) is 1.51. The van der Waals surface area contributed by atoms with E-state index in [9.17, 15) is 9.59 Å². The highest BCUT2D eigenvalue weighted by Gasteiger charge is 2.33. The highest BCUT2D eigenvalue weighted by Crippen LogP contribution is 2.29. The van der Waals surface area contributed by atoms with Crippen LogP contribution in [0, 0.1) is 0 Å². The minimum absolute atomic E-state index is 0.00525. The average Bonchev–Trinajstić information content (AvgIpc) is 3.34. The van der Waals surface area contributed by atoms with Gasteiger partial charge in [-0.1, -0.05) is 35.0 Å². The van der Waals surface area contributed by atoms with Gasteiger partial charge in [0.15, 0.2) is 0 Å². The first-order valence-corrected chi connectivity index (χ1v) is 11.0. The number of rotatable bonds is 7. The fourth-order valence-corrected chi connectivity index (χ4v) is 4.10. The molecule has 0 saturated carbocycles. The van der Waals surface area contributed by atoms with Gasteiger partial charge in [0.2, 0.25) is 17.6 Å². The molecule has 0 radical (unpaired) electrons. The third kappa shape index (κ3) is 5.37. The van der Waals surface area contributed by atoms with Crippen LogP contribution in [0.15, 0.2) is 53.3 Å². The summed E-state index contributed by atoms with van der Waals surface area (Å²) >= 11 is 6.34. The molecule has 1 aliphatic heterocycles. The largest absolute Gasteiger partial charge is 0.468 e. The zero-order valence-electron chi connectivity index (χ0n) is 18.2. The van der Waals surface area contributed by atoms with E-state index in [1.54, 1.807) is 35.5 Å². The number of carbonyl (C=O) groups excluding carboxylic acids is 2. The van der Waals surface area contributed by atoms with Gasteiger partial charge >= 0.3 is 5.97 Å². The van der Waals surface area contributed by atoms with Crippen LogP contribution in [0.2, 0.25) is 5.02 Å². The zero-order chi connectivity index (χ0) is 23.2. The van der Waals surface area contributed by atoms with E-state index in [-0.39, 0.29) is 18.3 Å². The average molecular weight is 470 g/mol. The number of benzene rings is 1. The summed E-state index contributed by atoms with van der Waals surface area (Å²) in [6, 6.07) is 10.2. The highest BCUT2D eigenvalue weighted by molar-refractivity contribution is 6.31. The Morgan fingerprint density at radius 2 is 1.85 bits per heavy atom. The van der Waals surface area contributed by atoms with E-state index >= 15 is 0 Å². The van der Waals surface area contributed by atoms with Crippen LogP contribution >= 0.6 is 11.6 Å². The Morgan fingerprint density at radius 1 is 1.12 bits per heavy atom. The van der Waals surface area contributed by atoms with Gasteiger partial charge in [0.05, 0.1) is 7.11 Å². The Labute approximate surface area is 196 Å². The second-order valence-corrected chi connectivity index (χ2v) is 8.02. The van der Waals surface area contributed by atoms with E-state index in [4.69, 9.17) is 20.9 Å². The van der Waals surface area contributed by atoms with Crippen molar-refractivity contribution in [1.29, 1.82) is 0 Å². The molecule has 1 saturated heterocycles. The molecule has 1 aliphatic rings. The maximum Gasteiger partial charge on any atom is 0.327 e. The molecule has 1 unspecified atom stereocenters. The number of aromatic nitrogens is 3. The summed E-state index contributed by atoms with van der Waals surface area (Å²) < 4.78 is 10.3. The number of amides is 1. The molecule has 0 aliphatic carbocycles. The number of halogens is 1. The van der Waals surface area contributed by atoms with Crippen LogP contribution < -0.4 is 0 Å². The SMILES string of the molecule is COC(=O)C(c1ccccc1Cl)N1CCN(C(=O)CCc2nc(-c3ccncc3)no2)CC1. The molecule has 1 fully saturated rings. The van der Waals surface area contributed by atoms with Gasteiger partial charge in [0.1, 0.15) is 6.04 Å². The molecule has 0 N–H and O–H groups in total. The molecule has 1 amide bonds. The van der Waals surface area contributed by atoms with Crippen molar-refractivity contribution in [2.45, 2.75) is 18.9 Å². The van der Waals surface area contributed by atoms with Gasteiger partial charge < -0.3 is 14.2 Å². The second-order valence-electron chi connectivity index (χ2n) is 7.61. The summed E-state index contributed by atoms with van der Waals surface area (Å²) in [5, 5.41) is 4.48. The van der Waals surface area contributed by atoms with Crippen LogP contribution in [0.1, 0.15) is 23.9 Å². The number of pyridine rings is 1. The number of nitrogens with zero attached hydrogens (tertiary/aromatic N) is 5. The topological polar surface area (TPSA) is 102 Å². The quantitative estimate of drug-likeness (QED) is 0.487. The van der Waals surface area contributed by atoms with Crippen LogP contribution in [-0.4, -0.2) is 70.1 Å². The number of ether oxygens (including phenoxy) is 1. The fourth-order valence-electron chi connectivity index (χ4n) is 3.86. The van der Waals surface area contributed by atoms with E-state index in [2.05, 4.69) is 15.1 Å². The summed E-state index contributed by atoms with van der Waals surface area (Å²) in [6.45, 7) is 2.07. The van der Waals surface area contributed by atoms with Crippen LogP contribution in [0.5, 0.6) is 0 Å². The van der Waals surface area contributed by atoms with Gasteiger partial charge in [-0.3, -0.25) is 14.7 Å². The predicted molar refractivity (Wildman–Crippen MR) is 120 cm³/mol. The lowest BCUT2D eigenvalue weighted by atomic mass is 10.0. The van der Waals surface area contributed by atoms with Crippen molar-refractivity contribution in [3.05, 3.63) is 65.3 Å². The second kappa shape index (κ2) is 10.5. The van der Waals surface area contributed by atoms with Crippen molar-refractivity contribution in [3.63, 3.8) is 0 Å². The van der Waals surface area contributed by atoms with E-state index in [1.807, 2.05) is 23.1 Å². The molecule has 10 heteroatoms. The smallest absolute Gasteiger partial charge is 0.327 e. The lowest BCUT2D eigenvalue weighted by molar-refractivity contribution is -0.148. The van der Waals surface area contributed by atoms with Gasteiger partial charge in [-0.2, -0.15) is 4.98 Å². The first kappa shape index (κ1) is 22.9. The Balaban J connectivity index is 1.33. The van der Waals surface area contributed by atoms with Gasteiger partial charge in [-0.15, -0.1) is 0 Å². The lowest BCUT2D eigenvalue weighted by Crippen LogP contribution is -2.51. The normalized spacial score (nSPS) is 15.3. The first-order chi connectivity index (χ1) is 16.1. The third-order valence-electron chi connectivity index (χ3n) is 5.62. The lowest BCUT2D eigenvalue weighted by Gasteiger charge is -2.38. The predicted octanol–water partition coefficient (Wildman–Crippen LogP) is 2.78. The van der Waals surface area contributed by atoms with Crippen LogP contribution in [0.3, 0.4) is 0 Å². The zero-order valence-corrected chi connectivity index (χ0v) is 18.9. The van der Waals surface area contributed by atoms with Crippen LogP contribution in [0.25, 0.3) is 11.4 Å². The Bertz CT molecular complexity index is 1100. The molecule has 3 heterocycles. The summed E-state index contributed by atoms with van der Waals surface area (Å²) in [5.74, 6) is 0.523. The van der Waals surface area contributed by atoms with Crippen molar-refractivity contribution >= 4 is 23.5 Å². The Kier molecular flexibility index (Phi) is 7.31. The van der Waals surface area contributed by atoms with Gasteiger partial charge in [-0.25, -0.2) is 4.79 Å². The molecule has 0 bridgehead atoms. The minimum Gasteiger partial charge on any atom is -0.468 e. The monoisotopic (exact) mass is 469 g/mol. The third-order valence-corrected chi connectivity index (χ3v) is 5.96. The van der Waals surface area contributed by atoms with Crippen molar-refractivity contribution in [2.24, 2.45) is 0 Å². The van der Waals surface area contributed by atoms with E-state index in [0.29, 0.717) is 54.9 Å². The van der Waals surface area contributed by atoms with Gasteiger partial charge in [0.25, 0.3) is 0 Å². The molecule has 4 rings (SSSR count). The van der Waals surface area contributed by atoms with Crippen LogP contribution in [-0.2, 0) is 20.7 Å². The van der Waals surface area contributed by atoms with Gasteiger partial charge in [0, 0.05) is 62.0 Å². The molecule has 2 aromatic heterocycles. The number of aryl methyl sites for hydroxylation is 1. The Morgan fingerprint density at radius 3 is 2.55 bits per heavy atom. The summed E-state index contributed by atoms with van der Waals surface area (Å²) in [6.07, 6.45) is 3.94. The molecule has 9 nitrogen and oxygen atoms in total.